The number of carbonyl (C=O) groups excluding carboxylic acids is 1. The Morgan fingerprint density at radius 1 is 1.18 bits per heavy atom. The summed E-state index contributed by atoms with van der Waals surface area (Å²) in [4.78, 5) is 26.3. The monoisotopic (exact) mass is 475 g/mol. The van der Waals surface area contributed by atoms with Crippen molar-refractivity contribution in [1.82, 2.24) is 24.8 Å². The lowest BCUT2D eigenvalue weighted by atomic mass is 10.1. The SMILES string of the molecule is CCCCNC(=O)c1cc(-c2csc(-c3cnccn3)n2)n(CCc2ccc(OC)cc2)c1C. The summed E-state index contributed by atoms with van der Waals surface area (Å²) in [5, 5.41) is 5.87. The topological polar surface area (TPSA) is 81.9 Å². The molecule has 0 spiro atoms. The number of methoxy groups -OCH3 is 1. The molecule has 1 aromatic carbocycles. The zero-order chi connectivity index (χ0) is 23.9. The third kappa shape index (κ3) is 5.34. The van der Waals surface area contributed by atoms with Crippen LogP contribution in [0.2, 0.25) is 0 Å². The van der Waals surface area contributed by atoms with Crippen LogP contribution in [0.15, 0.2) is 54.3 Å². The van der Waals surface area contributed by atoms with Crippen molar-refractivity contribution >= 4 is 17.2 Å². The van der Waals surface area contributed by atoms with Gasteiger partial charge in [-0.2, -0.15) is 0 Å². The maximum Gasteiger partial charge on any atom is 0.253 e. The van der Waals surface area contributed by atoms with Gasteiger partial charge in [0.15, 0.2) is 0 Å². The number of aryl methyl sites for hydroxylation is 1. The predicted molar refractivity (Wildman–Crippen MR) is 135 cm³/mol. The Bertz CT molecular complexity index is 1230. The van der Waals surface area contributed by atoms with E-state index >= 15 is 0 Å². The molecule has 4 rings (SSSR count). The molecule has 7 nitrogen and oxygen atoms in total. The summed E-state index contributed by atoms with van der Waals surface area (Å²) in [6.45, 7) is 5.52. The van der Waals surface area contributed by atoms with Crippen molar-refractivity contribution in [3.63, 3.8) is 0 Å². The Hall–Kier alpha value is -3.52. The van der Waals surface area contributed by atoms with E-state index in [0.717, 1.165) is 59.3 Å². The highest BCUT2D eigenvalue weighted by molar-refractivity contribution is 7.13. The molecule has 0 aliphatic carbocycles. The highest BCUT2D eigenvalue weighted by Gasteiger charge is 2.20. The van der Waals surface area contributed by atoms with Gasteiger partial charge in [0.1, 0.15) is 16.5 Å². The van der Waals surface area contributed by atoms with Crippen molar-refractivity contribution in [2.45, 2.75) is 39.7 Å². The molecule has 0 bridgehead atoms. The number of rotatable bonds is 10. The number of nitrogens with zero attached hydrogens (tertiary/aromatic N) is 4. The number of hydrogen-bond acceptors (Lipinski definition) is 6. The van der Waals surface area contributed by atoms with E-state index in [9.17, 15) is 4.79 Å². The highest BCUT2D eigenvalue weighted by Crippen LogP contribution is 2.31. The third-order valence-corrected chi connectivity index (χ3v) is 6.62. The zero-order valence-electron chi connectivity index (χ0n) is 19.7. The number of thiazole rings is 1. The zero-order valence-corrected chi connectivity index (χ0v) is 20.6. The van der Waals surface area contributed by atoms with E-state index in [1.54, 1.807) is 25.7 Å². The molecule has 0 aliphatic rings. The molecular weight excluding hydrogens is 446 g/mol. The van der Waals surface area contributed by atoms with Crippen LogP contribution in [0.3, 0.4) is 0 Å². The van der Waals surface area contributed by atoms with Crippen LogP contribution in [-0.4, -0.2) is 39.1 Å². The number of aromatic nitrogens is 4. The van der Waals surface area contributed by atoms with Crippen LogP contribution in [0.4, 0.5) is 0 Å². The summed E-state index contributed by atoms with van der Waals surface area (Å²) >= 11 is 1.52. The molecule has 0 aliphatic heterocycles. The summed E-state index contributed by atoms with van der Waals surface area (Å²) < 4.78 is 7.46. The molecule has 8 heteroatoms. The fourth-order valence-corrected chi connectivity index (χ4v) is 4.57. The maximum absolute atomic E-state index is 12.9. The molecule has 176 valence electrons. The van der Waals surface area contributed by atoms with Gasteiger partial charge in [-0.1, -0.05) is 25.5 Å². The second kappa shape index (κ2) is 11.1. The fraction of sp³-hybridized carbons (Fsp3) is 0.308. The van der Waals surface area contributed by atoms with Gasteiger partial charge in [0, 0.05) is 36.6 Å². The van der Waals surface area contributed by atoms with E-state index in [2.05, 4.69) is 38.9 Å². The molecule has 0 saturated carbocycles. The van der Waals surface area contributed by atoms with Crippen molar-refractivity contribution in [3.05, 3.63) is 71.1 Å². The van der Waals surface area contributed by atoms with Crippen LogP contribution in [-0.2, 0) is 13.0 Å². The smallest absolute Gasteiger partial charge is 0.253 e. The largest absolute Gasteiger partial charge is 0.497 e. The number of ether oxygens (including phenoxy) is 1. The Morgan fingerprint density at radius 3 is 2.71 bits per heavy atom. The third-order valence-electron chi connectivity index (χ3n) is 5.76. The highest BCUT2D eigenvalue weighted by atomic mass is 32.1. The summed E-state index contributed by atoms with van der Waals surface area (Å²) in [5.74, 6) is 0.798. The molecule has 0 fully saturated rings. The predicted octanol–water partition coefficient (Wildman–Crippen LogP) is 5.16. The summed E-state index contributed by atoms with van der Waals surface area (Å²) in [6, 6.07) is 10.0. The molecule has 1 N–H and O–H groups in total. The lowest BCUT2D eigenvalue weighted by Crippen LogP contribution is -2.24. The van der Waals surface area contributed by atoms with Crippen molar-refractivity contribution in [1.29, 1.82) is 0 Å². The van der Waals surface area contributed by atoms with Gasteiger partial charge in [0.2, 0.25) is 0 Å². The van der Waals surface area contributed by atoms with Gasteiger partial charge < -0.3 is 14.6 Å². The van der Waals surface area contributed by atoms with E-state index in [1.165, 1.54) is 16.9 Å². The number of unbranched alkanes of at least 4 members (excludes halogenated alkanes) is 1. The van der Waals surface area contributed by atoms with E-state index in [1.807, 2.05) is 30.5 Å². The Kier molecular flexibility index (Phi) is 7.69. The minimum absolute atomic E-state index is 0.0419. The number of benzene rings is 1. The summed E-state index contributed by atoms with van der Waals surface area (Å²) in [5.41, 5.74) is 5.33. The molecule has 3 aromatic heterocycles. The number of nitrogens with one attached hydrogen (secondary N) is 1. The van der Waals surface area contributed by atoms with Crippen molar-refractivity contribution in [2.75, 3.05) is 13.7 Å². The molecule has 3 heterocycles. The normalized spacial score (nSPS) is 10.9. The van der Waals surface area contributed by atoms with Gasteiger partial charge in [-0.15, -0.1) is 11.3 Å². The van der Waals surface area contributed by atoms with Crippen molar-refractivity contribution < 1.29 is 9.53 Å². The first kappa shape index (κ1) is 23.6. The van der Waals surface area contributed by atoms with Crippen LogP contribution in [0.5, 0.6) is 5.75 Å². The van der Waals surface area contributed by atoms with Crippen LogP contribution in [0.1, 0.15) is 41.4 Å². The standard InChI is InChI=1S/C26H29N5O2S/c1-4-5-11-29-25(32)21-15-24(23-17-34-26(30-23)22-16-27-12-13-28-22)31(18(21)2)14-10-19-6-8-20(33-3)9-7-19/h6-9,12-13,15-17H,4-5,10-11,14H2,1-3H3,(H,29,32). The second-order valence-electron chi connectivity index (χ2n) is 8.02. The quantitative estimate of drug-likeness (QED) is 0.321. The molecule has 0 atom stereocenters. The van der Waals surface area contributed by atoms with E-state index in [4.69, 9.17) is 9.72 Å². The Morgan fingerprint density at radius 2 is 2.00 bits per heavy atom. The van der Waals surface area contributed by atoms with E-state index in [-0.39, 0.29) is 5.91 Å². The van der Waals surface area contributed by atoms with Crippen LogP contribution in [0, 0.1) is 6.92 Å². The first-order valence-corrected chi connectivity index (χ1v) is 12.3. The number of amides is 1. The van der Waals surface area contributed by atoms with Gasteiger partial charge >= 0.3 is 0 Å². The molecule has 0 unspecified atom stereocenters. The van der Waals surface area contributed by atoms with Crippen LogP contribution in [0.25, 0.3) is 22.1 Å². The van der Waals surface area contributed by atoms with Gasteiger partial charge in [-0.3, -0.25) is 14.8 Å². The van der Waals surface area contributed by atoms with Crippen molar-refractivity contribution in [3.8, 4) is 27.8 Å². The van der Waals surface area contributed by atoms with Crippen LogP contribution < -0.4 is 10.1 Å². The molecule has 0 saturated heterocycles. The lowest BCUT2D eigenvalue weighted by Gasteiger charge is -2.12. The first-order valence-electron chi connectivity index (χ1n) is 11.4. The molecule has 0 radical (unpaired) electrons. The second-order valence-corrected chi connectivity index (χ2v) is 8.87. The molecule has 4 aromatic rings. The minimum atomic E-state index is -0.0419. The number of carbonyl (C=O) groups is 1. The Labute approximate surface area is 203 Å². The van der Waals surface area contributed by atoms with Crippen LogP contribution >= 0.6 is 11.3 Å². The van der Waals surface area contributed by atoms with Crippen molar-refractivity contribution in [2.24, 2.45) is 0 Å². The van der Waals surface area contributed by atoms with Gasteiger partial charge in [0.25, 0.3) is 5.91 Å². The van der Waals surface area contributed by atoms with Gasteiger partial charge in [-0.25, -0.2) is 4.98 Å². The number of hydrogen-bond donors (Lipinski definition) is 1. The minimum Gasteiger partial charge on any atom is -0.497 e. The molecule has 34 heavy (non-hydrogen) atoms. The average molecular weight is 476 g/mol. The van der Waals surface area contributed by atoms with E-state index < -0.39 is 0 Å². The van der Waals surface area contributed by atoms with Gasteiger partial charge in [-0.05, 0) is 43.5 Å². The average Bonchev–Trinajstić information content (AvgIpc) is 3.48. The molecular formula is C26H29N5O2S. The van der Waals surface area contributed by atoms with Gasteiger partial charge in [0.05, 0.1) is 30.3 Å². The fourth-order valence-electron chi connectivity index (χ4n) is 3.80. The maximum atomic E-state index is 12.9. The summed E-state index contributed by atoms with van der Waals surface area (Å²) in [7, 11) is 1.67. The molecule has 1 amide bonds. The first-order chi connectivity index (χ1) is 16.6. The Balaban J connectivity index is 1.65. The van der Waals surface area contributed by atoms with E-state index in [0.29, 0.717) is 12.1 Å². The summed E-state index contributed by atoms with van der Waals surface area (Å²) in [6.07, 6.45) is 7.85. The lowest BCUT2D eigenvalue weighted by molar-refractivity contribution is 0.0952.